The molecule has 1 amide bonds. The Morgan fingerprint density at radius 2 is 1.91 bits per heavy atom. The summed E-state index contributed by atoms with van der Waals surface area (Å²) in [4.78, 5) is 16.7. The Morgan fingerprint density at radius 1 is 1.14 bits per heavy atom. The quantitative estimate of drug-likeness (QED) is 0.804. The lowest BCUT2D eigenvalue weighted by molar-refractivity contribution is 0.0942. The van der Waals surface area contributed by atoms with Crippen LogP contribution in [0.25, 0.3) is 0 Å². The van der Waals surface area contributed by atoms with Crippen molar-refractivity contribution in [3.05, 3.63) is 82.6 Å². The molecule has 0 aliphatic carbocycles. The van der Waals surface area contributed by atoms with Gasteiger partial charge in [-0.25, -0.2) is 0 Å². The smallest absolute Gasteiger partial charge is 0.254 e. The number of benzene rings is 1. The van der Waals surface area contributed by atoms with Crippen LogP contribution < -0.4 is 5.32 Å². The fourth-order valence-electron chi connectivity index (χ4n) is 2.27. The molecule has 0 fully saturated rings. The second-order valence-corrected chi connectivity index (χ2v) is 5.55. The van der Waals surface area contributed by atoms with E-state index in [0.717, 1.165) is 16.8 Å². The van der Waals surface area contributed by atoms with E-state index in [-0.39, 0.29) is 11.9 Å². The summed E-state index contributed by atoms with van der Waals surface area (Å²) in [6.07, 6.45) is 3.50. The second-order valence-electron chi connectivity index (χ2n) is 4.92. The third-order valence-corrected chi connectivity index (χ3v) is 4.14. The monoisotopic (exact) mass is 309 g/mol. The molecule has 4 nitrogen and oxygen atoms in total. The highest BCUT2D eigenvalue weighted by atomic mass is 32.1. The van der Waals surface area contributed by atoms with Gasteiger partial charge in [-0.15, -0.1) is 0 Å². The normalized spacial score (nSPS) is 11.9. The molecule has 0 bridgehead atoms. The minimum atomic E-state index is -0.235. The van der Waals surface area contributed by atoms with Crippen molar-refractivity contribution < 1.29 is 4.79 Å². The first-order valence-electron chi connectivity index (χ1n) is 6.92. The van der Waals surface area contributed by atoms with E-state index in [0.29, 0.717) is 5.56 Å². The number of hydrogen-bond donors (Lipinski definition) is 1. The molecule has 5 heteroatoms. The van der Waals surface area contributed by atoms with Gasteiger partial charge in [-0.1, -0.05) is 36.4 Å². The highest BCUT2D eigenvalue weighted by Gasteiger charge is 2.19. The van der Waals surface area contributed by atoms with E-state index in [4.69, 9.17) is 0 Å². The SMILES string of the molecule is Cc1nscc1C(=O)N[C@@H](c1ccccc1)c1cccnc1. The molecule has 1 aromatic carbocycles. The Labute approximate surface area is 133 Å². The first kappa shape index (κ1) is 14.4. The maximum atomic E-state index is 12.5. The number of hydrogen-bond acceptors (Lipinski definition) is 4. The van der Waals surface area contributed by atoms with Gasteiger partial charge in [-0.2, -0.15) is 4.37 Å². The Balaban J connectivity index is 1.93. The van der Waals surface area contributed by atoms with Gasteiger partial charge in [0.25, 0.3) is 5.91 Å². The molecule has 3 rings (SSSR count). The number of nitrogens with one attached hydrogen (secondary N) is 1. The van der Waals surface area contributed by atoms with E-state index in [1.165, 1.54) is 11.5 Å². The van der Waals surface area contributed by atoms with E-state index >= 15 is 0 Å². The molecule has 0 saturated carbocycles. The zero-order valence-electron chi connectivity index (χ0n) is 12.1. The second kappa shape index (κ2) is 6.49. The third-order valence-electron chi connectivity index (χ3n) is 3.42. The molecule has 110 valence electrons. The van der Waals surface area contributed by atoms with Gasteiger partial charge in [0.2, 0.25) is 0 Å². The summed E-state index contributed by atoms with van der Waals surface area (Å²) >= 11 is 1.29. The summed E-state index contributed by atoms with van der Waals surface area (Å²) in [7, 11) is 0. The van der Waals surface area contributed by atoms with Crippen LogP contribution >= 0.6 is 11.5 Å². The van der Waals surface area contributed by atoms with Crippen molar-refractivity contribution in [2.24, 2.45) is 0 Å². The van der Waals surface area contributed by atoms with E-state index in [2.05, 4.69) is 14.7 Å². The highest BCUT2D eigenvalue weighted by Crippen LogP contribution is 2.22. The van der Waals surface area contributed by atoms with Gasteiger partial charge in [0.15, 0.2) is 0 Å². The van der Waals surface area contributed by atoms with Gasteiger partial charge in [0.1, 0.15) is 0 Å². The van der Waals surface area contributed by atoms with Crippen LogP contribution in [-0.4, -0.2) is 15.3 Å². The fraction of sp³-hybridized carbons (Fsp3) is 0.118. The van der Waals surface area contributed by atoms with E-state index in [9.17, 15) is 4.79 Å². The van der Waals surface area contributed by atoms with Crippen molar-refractivity contribution in [2.45, 2.75) is 13.0 Å². The van der Waals surface area contributed by atoms with Gasteiger partial charge in [-0.05, 0) is 35.6 Å². The van der Waals surface area contributed by atoms with Crippen LogP contribution in [0.2, 0.25) is 0 Å². The largest absolute Gasteiger partial charge is 0.341 e. The Hall–Kier alpha value is -2.53. The molecule has 0 aliphatic heterocycles. The molecule has 3 aromatic rings. The Bertz CT molecular complexity index is 716. The number of pyridine rings is 1. The molecule has 22 heavy (non-hydrogen) atoms. The summed E-state index contributed by atoms with van der Waals surface area (Å²) in [5.41, 5.74) is 3.34. The lowest BCUT2D eigenvalue weighted by Gasteiger charge is -2.19. The predicted octanol–water partition coefficient (Wildman–Crippen LogP) is 3.37. The number of aryl methyl sites for hydroxylation is 1. The van der Waals surface area contributed by atoms with Crippen molar-refractivity contribution in [2.75, 3.05) is 0 Å². The molecular formula is C17H15N3OS. The molecule has 0 radical (unpaired) electrons. The third kappa shape index (κ3) is 3.04. The van der Waals surface area contributed by atoms with Gasteiger partial charge in [0, 0.05) is 17.8 Å². The minimum absolute atomic E-state index is 0.121. The van der Waals surface area contributed by atoms with Gasteiger partial charge < -0.3 is 5.32 Å². The molecule has 0 aliphatic rings. The van der Waals surface area contributed by atoms with E-state index < -0.39 is 0 Å². The van der Waals surface area contributed by atoms with Crippen LogP contribution in [-0.2, 0) is 0 Å². The van der Waals surface area contributed by atoms with Crippen LogP contribution in [0, 0.1) is 6.92 Å². The molecule has 2 aromatic heterocycles. The minimum Gasteiger partial charge on any atom is -0.341 e. The zero-order valence-corrected chi connectivity index (χ0v) is 12.9. The van der Waals surface area contributed by atoms with Crippen molar-refractivity contribution >= 4 is 17.4 Å². The average molecular weight is 309 g/mol. The van der Waals surface area contributed by atoms with E-state index in [1.54, 1.807) is 17.8 Å². The summed E-state index contributed by atoms with van der Waals surface area (Å²) in [6, 6.07) is 13.5. The first-order chi connectivity index (χ1) is 10.8. The number of carbonyl (C=O) groups excluding carboxylic acids is 1. The topological polar surface area (TPSA) is 54.9 Å². The lowest BCUT2D eigenvalue weighted by Crippen LogP contribution is -2.29. The Kier molecular flexibility index (Phi) is 4.25. The molecule has 1 N–H and O–H groups in total. The van der Waals surface area contributed by atoms with Crippen molar-refractivity contribution in [3.8, 4) is 0 Å². The molecule has 2 heterocycles. The summed E-state index contributed by atoms with van der Waals surface area (Å²) in [5.74, 6) is -0.121. The molecular weight excluding hydrogens is 294 g/mol. The highest BCUT2D eigenvalue weighted by molar-refractivity contribution is 7.03. The van der Waals surface area contributed by atoms with Crippen LogP contribution in [0.15, 0.2) is 60.2 Å². The zero-order chi connectivity index (χ0) is 15.4. The van der Waals surface area contributed by atoms with Crippen LogP contribution in [0.4, 0.5) is 0 Å². The molecule has 1 atom stereocenters. The molecule has 0 unspecified atom stereocenters. The average Bonchev–Trinajstić information content (AvgIpc) is 3.00. The number of nitrogens with zero attached hydrogens (tertiary/aromatic N) is 2. The fourth-order valence-corrected chi connectivity index (χ4v) is 2.96. The maximum absolute atomic E-state index is 12.5. The Morgan fingerprint density at radius 3 is 2.55 bits per heavy atom. The van der Waals surface area contributed by atoms with Crippen LogP contribution in [0.1, 0.15) is 33.2 Å². The van der Waals surface area contributed by atoms with Crippen LogP contribution in [0.5, 0.6) is 0 Å². The number of amides is 1. The van der Waals surface area contributed by atoms with Crippen LogP contribution in [0.3, 0.4) is 0 Å². The summed E-state index contributed by atoms with van der Waals surface area (Å²) in [5, 5.41) is 4.85. The number of rotatable bonds is 4. The summed E-state index contributed by atoms with van der Waals surface area (Å²) < 4.78 is 4.16. The molecule has 0 spiro atoms. The number of carbonyl (C=O) groups is 1. The summed E-state index contributed by atoms with van der Waals surface area (Å²) in [6.45, 7) is 1.84. The van der Waals surface area contributed by atoms with Crippen molar-refractivity contribution in [1.82, 2.24) is 14.7 Å². The van der Waals surface area contributed by atoms with Crippen molar-refractivity contribution in [3.63, 3.8) is 0 Å². The van der Waals surface area contributed by atoms with Crippen molar-refractivity contribution in [1.29, 1.82) is 0 Å². The van der Waals surface area contributed by atoms with E-state index in [1.807, 2.05) is 49.4 Å². The van der Waals surface area contributed by atoms with Gasteiger partial charge >= 0.3 is 0 Å². The maximum Gasteiger partial charge on any atom is 0.254 e. The number of aromatic nitrogens is 2. The van der Waals surface area contributed by atoms with Gasteiger partial charge in [-0.3, -0.25) is 9.78 Å². The van der Waals surface area contributed by atoms with Gasteiger partial charge in [0.05, 0.1) is 17.3 Å². The first-order valence-corrected chi connectivity index (χ1v) is 7.76. The predicted molar refractivity (Wildman–Crippen MR) is 86.8 cm³/mol. The lowest BCUT2D eigenvalue weighted by atomic mass is 10.00. The standard InChI is InChI=1S/C17H15N3OS/c1-12-15(11-22-20-12)17(21)19-16(13-6-3-2-4-7-13)14-8-5-9-18-10-14/h2-11,16H,1H3,(H,19,21)/t16-/m0/s1. The molecule has 0 saturated heterocycles.